The summed E-state index contributed by atoms with van der Waals surface area (Å²) in [6.45, 7) is 7.95. The first kappa shape index (κ1) is 13.4. The molecule has 0 aliphatic heterocycles. The summed E-state index contributed by atoms with van der Waals surface area (Å²) in [6, 6.07) is 5.14. The molecule has 0 N–H and O–H groups in total. The molecule has 4 rings (SSSR count). The maximum absolute atomic E-state index is 10.0. The second-order valence-corrected chi connectivity index (χ2v) is 6.94. The van der Waals surface area contributed by atoms with Gasteiger partial charge in [0.25, 0.3) is 0 Å². The summed E-state index contributed by atoms with van der Waals surface area (Å²) < 4.78 is 0. The van der Waals surface area contributed by atoms with Gasteiger partial charge in [-0.2, -0.15) is 10.5 Å². The zero-order valence-corrected chi connectivity index (χ0v) is 12.5. The van der Waals surface area contributed by atoms with Crippen LogP contribution in [0.2, 0.25) is 0 Å². The second kappa shape index (κ2) is 3.90. The van der Waals surface area contributed by atoms with Crippen LogP contribution in [-0.2, 0) is 0 Å². The molecule has 1 saturated carbocycles. The number of allylic oxidation sites excluding steroid dienone is 8. The number of nitrogens with zero attached hydrogens (tertiary/aromatic N) is 2. The molecule has 108 valence electrons. The molecule has 4 aliphatic rings. The molecule has 0 aromatic rings. The Hall–Kier alpha value is -2.32. The topological polar surface area (TPSA) is 47.6 Å². The minimum Gasteiger partial charge on any atom is -0.197 e. The van der Waals surface area contributed by atoms with E-state index in [1.807, 2.05) is 24.3 Å². The molecule has 2 heteroatoms. The fraction of sp³-hybridized carbons (Fsp3) is 0.400. The molecular weight excluding hydrogens is 268 g/mol. The minimum atomic E-state index is -0.621. The number of hydrogen-bond acceptors (Lipinski definition) is 2. The molecule has 0 radical (unpaired) electrons. The summed E-state index contributed by atoms with van der Waals surface area (Å²) in [7, 11) is 0. The maximum atomic E-state index is 10.0. The van der Waals surface area contributed by atoms with E-state index in [0.29, 0.717) is 0 Å². The molecular formula is C20H18N2. The van der Waals surface area contributed by atoms with Crippen LogP contribution in [-0.4, -0.2) is 0 Å². The third-order valence-electron chi connectivity index (χ3n) is 6.43. The lowest BCUT2D eigenvalue weighted by atomic mass is 9.36. The van der Waals surface area contributed by atoms with Crippen LogP contribution in [0.5, 0.6) is 0 Å². The molecule has 0 heterocycles. The second-order valence-electron chi connectivity index (χ2n) is 6.94. The first-order valence-electron chi connectivity index (χ1n) is 7.83. The zero-order valence-electron chi connectivity index (χ0n) is 12.5. The smallest absolute Gasteiger partial charge is 0.104 e. The molecule has 0 unspecified atom stereocenters. The molecule has 1 fully saturated rings. The average Bonchev–Trinajstić information content (AvgIpc) is 2.88. The van der Waals surface area contributed by atoms with Gasteiger partial charge in [0, 0.05) is 11.3 Å². The van der Waals surface area contributed by atoms with Crippen LogP contribution in [0.1, 0.15) is 19.3 Å². The Morgan fingerprint density at radius 3 is 2.50 bits per heavy atom. The standard InChI is InChI=1S/C20H18N2/c1-3-15-10-14-6-5-7-20-16(4-2)11-18(20,12-21)8-9-19(15,13-22)17(14)20/h3-5,7-9,15-16H,1-2,6,10-11H2/t15-,16+,18+,19-,20+/m0/s1. The molecule has 1 spiro atoms. The number of nitriles is 2. The number of rotatable bonds is 2. The van der Waals surface area contributed by atoms with Gasteiger partial charge in [-0.05, 0) is 30.8 Å². The van der Waals surface area contributed by atoms with Crippen LogP contribution >= 0.6 is 0 Å². The highest BCUT2D eigenvalue weighted by molar-refractivity contribution is 5.61. The van der Waals surface area contributed by atoms with E-state index >= 15 is 0 Å². The van der Waals surface area contributed by atoms with Gasteiger partial charge in [0.1, 0.15) is 5.41 Å². The Bertz CT molecular complexity index is 769. The average molecular weight is 286 g/mol. The molecule has 0 saturated heterocycles. The van der Waals surface area contributed by atoms with Crippen molar-refractivity contribution in [2.45, 2.75) is 19.3 Å². The third kappa shape index (κ3) is 1.07. The van der Waals surface area contributed by atoms with Crippen molar-refractivity contribution in [1.29, 1.82) is 10.5 Å². The van der Waals surface area contributed by atoms with E-state index in [1.165, 1.54) is 11.1 Å². The van der Waals surface area contributed by atoms with Gasteiger partial charge in [-0.1, -0.05) is 42.0 Å². The normalized spacial score (nSPS) is 46.8. The summed E-state index contributed by atoms with van der Waals surface area (Å²) in [5.41, 5.74) is 1.03. The Balaban J connectivity index is 2.07. The van der Waals surface area contributed by atoms with Crippen LogP contribution in [0.25, 0.3) is 0 Å². The third-order valence-corrected chi connectivity index (χ3v) is 6.43. The van der Waals surface area contributed by atoms with Gasteiger partial charge in [0.2, 0.25) is 0 Å². The van der Waals surface area contributed by atoms with E-state index in [1.54, 1.807) is 0 Å². The van der Waals surface area contributed by atoms with Crippen LogP contribution in [0.3, 0.4) is 0 Å². The predicted octanol–water partition coefficient (Wildman–Crippen LogP) is 4.23. The highest BCUT2D eigenvalue weighted by Crippen LogP contribution is 2.76. The summed E-state index contributed by atoms with van der Waals surface area (Å²) >= 11 is 0. The molecule has 0 aromatic heterocycles. The van der Waals surface area contributed by atoms with Crippen molar-refractivity contribution in [3.8, 4) is 12.1 Å². The summed E-state index contributed by atoms with van der Waals surface area (Å²) in [6.07, 6.45) is 14.9. The summed E-state index contributed by atoms with van der Waals surface area (Å²) in [5.74, 6) is 0.341. The molecule has 0 aromatic carbocycles. The molecule has 2 nitrogen and oxygen atoms in total. The van der Waals surface area contributed by atoms with Crippen molar-refractivity contribution < 1.29 is 0 Å². The monoisotopic (exact) mass is 286 g/mol. The molecule has 0 bridgehead atoms. The van der Waals surface area contributed by atoms with Gasteiger partial charge >= 0.3 is 0 Å². The van der Waals surface area contributed by atoms with Crippen molar-refractivity contribution in [3.05, 3.63) is 60.8 Å². The van der Waals surface area contributed by atoms with E-state index in [-0.39, 0.29) is 17.3 Å². The number of hydrogen-bond donors (Lipinski definition) is 0. The highest BCUT2D eigenvalue weighted by Gasteiger charge is 2.72. The molecule has 5 atom stereocenters. The van der Waals surface area contributed by atoms with Crippen LogP contribution in [0.15, 0.2) is 60.8 Å². The van der Waals surface area contributed by atoms with Gasteiger partial charge in [-0.25, -0.2) is 0 Å². The SMILES string of the molecule is C=C[C@@H]1C[C@@]2(C#N)C=C[C@@]3(C#N)C4=C(CC=C[C@]412)C[C@@H]3C=C. The largest absolute Gasteiger partial charge is 0.197 e. The van der Waals surface area contributed by atoms with Crippen molar-refractivity contribution in [3.63, 3.8) is 0 Å². The zero-order chi connectivity index (χ0) is 15.6. The van der Waals surface area contributed by atoms with E-state index in [9.17, 15) is 10.5 Å². The quantitative estimate of drug-likeness (QED) is 0.713. The lowest BCUT2D eigenvalue weighted by Crippen LogP contribution is -2.61. The lowest BCUT2D eigenvalue weighted by molar-refractivity contribution is 0.0126. The Morgan fingerprint density at radius 1 is 1.09 bits per heavy atom. The van der Waals surface area contributed by atoms with Gasteiger partial charge in [-0.3, -0.25) is 0 Å². The van der Waals surface area contributed by atoms with Crippen molar-refractivity contribution in [1.82, 2.24) is 0 Å². The Kier molecular flexibility index (Phi) is 2.37. The first-order chi connectivity index (χ1) is 10.6. The first-order valence-corrected chi connectivity index (χ1v) is 7.83. The Labute approximate surface area is 131 Å². The predicted molar refractivity (Wildman–Crippen MR) is 85.1 cm³/mol. The van der Waals surface area contributed by atoms with Gasteiger partial charge < -0.3 is 0 Å². The fourth-order valence-corrected chi connectivity index (χ4v) is 5.43. The summed E-state index contributed by atoms with van der Waals surface area (Å²) in [4.78, 5) is 0. The van der Waals surface area contributed by atoms with Crippen molar-refractivity contribution >= 4 is 0 Å². The van der Waals surface area contributed by atoms with Gasteiger partial charge in [0.05, 0.1) is 17.6 Å². The van der Waals surface area contributed by atoms with E-state index in [4.69, 9.17) is 0 Å². The maximum Gasteiger partial charge on any atom is 0.104 e. The van der Waals surface area contributed by atoms with E-state index < -0.39 is 10.8 Å². The Morgan fingerprint density at radius 2 is 1.86 bits per heavy atom. The molecule has 0 amide bonds. The van der Waals surface area contributed by atoms with Crippen molar-refractivity contribution in [2.24, 2.45) is 28.1 Å². The minimum absolute atomic E-state index is 0.110. The van der Waals surface area contributed by atoms with Crippen LogP contribution in [0, 0.1) is 50.7 Å². The van der Waals surface area contributed by atoms with E-state index in [2.05, 4.69) is 37.4 Å². The molecule has 22 heavy (non-hydrogen) atoms. The fourth-order valence-electron chi connectivity index (χ4n) is 5.43. The van der Waals surface area contributed by atoms with E-state index in [0.717, 1.165) is 19.3 Å². The summed E-state index contributed by atoms with van der Waals surface area (Å²) in [5, 5.41) is 19.9. The van der Waals surface area contributed by atoms with Gasteiger partial charge in [0.15, 0.2) is 0 Å². The highest BCUT2D eigenvalue weighted by atomic mass is 14.7. The lowest BCUT2D eigenvalue weighted by Gasteiger charge is -2.64. The van der Waals surface area contributed by atoms with Crippen LogP contribution in [0.4, 0.5) is 0 Å². The van der Waals surface area contributed by atoms with Crippen molar-refractivity contribution in [2.75, 3.05) is 0 Å². The molecule has 4 aliphatic carbocycles. The van der Waals surface area contributed by atoms with Gasteiger partial charge in [-0.15, -0.1) is 13.2 Å². The van der Waals surface area contributed by atoms with Crippen LogP contribution < -0.4 is 0 Å².